The Labute approximate surface area is 157 Å². The number of hydrazone groups is 1. The fraction of sp³-hybridized carbons (Fsp3) is 0.100. The van der Waals surface area contributed by atoms with Crippen molar-refractivity contribution in [1.82, 2.24) is 4.98 Å². The quantitative estimate of drug-likeness (QED) is 0.483. The van der Waals surface area contributed by atoms with E-state index in [-0.39, 0.29) is 0 Å². The average molecular weight is 368 g/mol. The summed E-state index contributed by atoms with van der Waals surface area (Å²) in [5.74, 6) is 1.88. The number of anilines is 1. The number of pyridine rings is 1. The highest BCUT2D eigenvalue weighted by Gasteiger charge is 2.10. The Balaban J connectivity index is 1.78. The highest BCUT2D eigenvalue weighted by Crippen LogP contribution is 2.31. The monoisotopic (exact) mass is 367 g/mol. The van der Waals surface area contributed by atoms with Gasteiger partial charge < -0.3 is 9.47 Å². The highest BCUT2D eigenvalue weighted by molar-refractivity contribution is 6.31. The van der Waals surface area contributed by atoms with Crippen LogP contribution < -0.4 is 14.9 Å². The van der Waals surface area contributed by atoms with Crippen LogP contribution in [0.25, 0.3) is 0 Å². The first-order chi connectivity index (χ1) is 12.8. The fourth-order valence-electron chi connectivity index (χ4n) is 2.31. The van der Waals surface area contributed by atoms with Crippen LogP contribution in [0.2, 0.25) is 5.02 Å². The zero-order chi connectivity index (χ0) is 18.2. The van der Waals surface area contributed by atoms with Gasteiger partial charge in [0.1, 0.15) is 12.4 Å². The van der Waals surface area contributed by atoms with E-state index in [4.69, 9.17) is 21.1 Å². The number of para-hydroxylation sites is 1. The minimum absolute atomic E-state index is 0.328. The lowest BCUT2D eigenvalue weighted by molar-refractivity contribution is 0.284. The van der Waals surface area contributed by atoms with Crippen LogP contribution in [0.1, 0.15) is 11.1 Å². The van der Waals surface area contributed by atoms with Crippen LogP contribution in [0.3, 0.4) is 0 Å². The van der Waals surface area contributed by atoms with E-state index >= 15 is 0 Å². The summed E-state index contributed by atoms with van der Waals surface area (Å²) < 4.78 is 11.4. The van der Waals surface area contributed by atoms with Crippen molar-refractivity contribution in [3.8, 4) is 11.5 Å². The molecule has 0 atom stereocenters. The van der Waals surface area contributed by atoms with E-state index in [0.717, 1.165) is 11.1 Å². The molecule has 1 N–H and O–H groups in total. The van der Waals surface area contributed by atoms with Crippen molar-refractivity contribution >= 4 is 23.6 Å². The Morgan fingerprint density at radius 1 is 1.08 bits per heavy atom. The first-order valence-corrected chi connectivity index (χ1v) is 8.39. The molecule has 1 heterocycles. The van der Waals surface area contributed by atoms with Gasteiger partial charge >= 0.3 is 0 Å². The van der Waals surface area contributed by atoms with E-state index in [1.165, 1.54) is 0 Å². The maximum atomic E-state index is 6.20. The molecule has 5 nitrogen and oxygen atoms in total. The highest BCUT2D eigenvalue weighted by atomic mass is 35.5. The van der Waals surface area contributed by atoms with Gasteiger partial charge in [-0.15, -0.1) is 0 Å². The van der Waals surface area contributed by atoms with Gasteiger partial charge in [0.25, 0.3) is 0 Å². The van der Waals surface area contributed by atoms with Gasteiger partial charge in [0, 0.05) is 22.3 Å². The van der Waals surface area contributed by atoms with Crippen molar-refractivity contribution in [3.63, 3.8) is 0 Å². The maximum absolute atomic E-state index is 6.20. The third-order valence-electron chi connectivity index (χ3n) is 3.61. The zero-order valence-corrected chi connectivity index (χ0v) is 15.0. The van der Waals surface area contributed by atoms with Gasteiger partial charge in [-0.1, -0.05) is 41.9 Å². The fourth-order valence-corrected chi connectivity index (χ4v) is 2.50. The molecule has 0 saturated carbocycles. The summed E-state index contributed by atoms with van der Waals surface area (Å²) >= 11 is 6.20. The van der Waals surface area contributed by atoms with Crippen LogP contribution >= 0.6 is 11.6 Å². The summed E-state index contributed by atoms with van der Waals surface area (Å²) in [7, 11) is 1.60. The van der Waals surface area contributed by atoms with Crippen LogP contribution in [0.5, 0.6) is 11.5 Å². The molecule has 0 aliphatic heterocycles. The van der Waals surface area contributed by atoms with E-state index in [2.05, 4.69) is 15.5 Å². The molecule has 0 aliphatic carbocycles. The molecule has 0 fully saturated rings. The van der Waals surface area contributed by atoms with Gasteiger partial charge in [-0.2, -0.15) is 5.10 Å². The van der Waals surface area contributed by atoms with E-state index in [9.17, 15) is 0 Å². The molecule has 0 saturated heterocycles. The molecule has 26 heavy (non-hydrogen) atoms. The van der Waals surface area contributed by atoms with Crippen LogP contribution in [0.4, 0.5) is 5.82 Å². The summed E-state index contributed by atoms with van der Waals surface area (Å²) in [6, 6.07) is 18.7. The number of benzene rings is 2. The first-order valence-electron chi connectivity index (χ1n) is 8.01. The molecule has 6 heteroatoms. The topological polar surface area (TPSA) is 55.7 Å². The van der Waals surface area contributed by atoms with Crippen molar-refractivity contribution in [2.45, 2.75) is 6.61 Å². The standard InChI is InChI=1S/C20H18ClN3O2/c1-25-18-10-6-8-15(13-23-24-19-11-4-5-12-22-19)20(18)26-14-16-7-2-3-9-17(16)21/h2-13H,14H2,1H3,(H,22,24). The molecule has 0 amide bonds. The predicted octanol–water partition coefficient (Wildman–Crippen LogP) is 4.77. The molecule has 0 unspecified atom stereocenters. The summed E-state index contributed by atoms with van der Waals surface area (Å²) in [6.07, 6.45) is 3.36. The van der Waals surface area contributed by atoms with Gasteiger partial charge in [-0.3, -0.25) is 5.43 Å². The van der Waals surface area contributed by atoms with Gasteiger partial charge in [0.2, 0.25) is 0 Å². The van der Waals surface area contributed by atoms with Gasteiger partial charge in [-0.25, -0.2) is 4.98 Å². The van der Waals surface area contributed by atoms with Gasteiger partial charge in [0.15, 0.2) is 11.5 Å². The molecular formula is C20H18ClN3O2. The van der Waals surface area contributed by atoms with Crippen molar-refractivity contribution in [3.05, 3.63) is 83.0 Å². The predicted molar refractivity (Wildman–Crippen MR) is 104 cm³/mol. The van der Waals surface area contributed by atoms with Crippen molar-refractivity contribution in [2.75, 3.05) is 12.5 Å². The number of nitrogens with zero attached hydrogens (tertiary/aromatic N) is 2. The second-order valence-corrected chi connectivity index (χ2v) is 5.75. The molecule has 0 aliphatic rings. The van der Waals surface area contributed by atoms with Gasteiger partial charge in [-0.05, 0) is 30.3 Å². The molecule has 1 aromatic heterocycles. The molecule has 0 radical (unpaired) electrons. The zero-order valence-electron chi connectivity index (χ0n) is 14.2. The van der Waals surface area contributed by atoms with Crippen molar-refractivity contribution in [1.29, 1.82) is 0 Å². The molecule has 0 bridgehead atoms. The maximum Gasteiger partial charge on any atom is 0.170 e. The number of rotatable bonds is 7. The molecule has 132 valence electrons. The Hall–Kier alpha value is -3.05. The second kappa shape index (κ2) is 8.87. The summed E-state index contributed by atoms with van der Waals surface area (Å²) in [5.41, 5.74) is 4.56. The SMILES string of the molecule is COc1cccc(C=NNc2ccccn2)c1OCc1ccccc1Cl. The van der Waals surface area contributed by atoms with Crippen molar-refractivity contribution in [2.24, 2.45) is 5.10 Å². The third-order valence-corrected chi connectivity index (χ3v) is 3.98. The number of halogens is 1. The normalized spacial score (nSPS) is 10.7. The number of hydrogen-bond donors (Lipinski definition) is 1. The Kier molecular flexibility index (Phi) is 6.06. The second-order valence-electron chi connectivity index (χ2n) is 5.34. The average Bonchev–Trinajstić information content (AvgIpc) is 2.68. The smallest absolute Gasteiger partial charge is 0.170 e. The number of aromatic nitrogens is 1. The van der Waals surface area contributed by atoms with Crippen LogP contribution in [0.15, 0.2) is 72.0 Å². The molecule has 3 aromatic rings. The minimum atomic E-state index is 0.328. The van der Waals surface area contributed by atoms with Crippen LogP contribution in [-0.2, 0) is 6.61 Å². The number of methoxy groups -OCH3 is 1. The van der Waals surface area contributed by atoms with E-state index in [1.54, 1.807) is 19.5 Å². The largest absolute Gasteiger partial charge is 0.493 e. The van der Waals surface area contributed by atoms with Crippen LogP contribution in [0, 0.1) is 0 Å². The Morgan fingerprint density at radius 3 is 2.69 bits per heavy atom. The summed E-state index contributed by atoms with van der Waals surface area (Å²) in [4.78, 5) is 4.16. The Morgan fingerprint density at radius 2 is 1.92 bits per heavy atom. The molecule has 3 rings (SSSR count). The van der Waals surface area contributed by atoms with E-state index in [0.29, 0.717) is 28.9 Å². The molecular weight excluding hydrogens is 350 g/mol. The lowest BCUT2D eigenvalue weighted by Crippen LogP contribution is -2.02. The number of ether oxygens (including phenoxy) is 2. The minimum Gasteiger partial charge on any atom is -0.493 e. The Bertz CT molecular complexity index is 885. The molecule has 0 spiro atoms. The molecule has 2 aromatic carbocycles. The number of hydrogen-bond acceptors (Lipinski definition) is 5. The van der Waals surface area contributed by atoms with Crippen molar-refractivity contribution < 1.29 is 9.47 Å². The van der Waals surface area contributed by atoms with E-state index < -0.39 is 0 Å². The van der Waals surface area contributed by atoms with Gasteiger partial charge in [0.05, 0.1) is 13.3 Å². The summed E-state index contributed by atoms with van der Waals surface area (Å²) in [5, 5.41) is 4.88. The third kappa shape index (κ3) is 4.52. The number of nitrogens with one attached hydrogen (secondary N) is 1. The lowest BCUT2D eigenvalue weighted by atomic mass is 10.2. The lowest BCUT2D eigenvalue weighted by Gasteiger charge is -2.13. The van der Waals surface area contributed by atoms with Crippen LogP contribution in [-0.4, -0.2) is 18.3 Å². The van der Waals surface area contributed by atoms with E-state index in [1.807, 2.05) is 60.7 Å². The first kappa shape index (κ1) is 17.8. The summed E-state index contributed by atoms with van der Waals surface area (Å²) in [6.45, 7) is 0.328.